The molecule has 0 atom stereocenters. The Morgan fingerprint density at radius 3 is 2.36 bits per heavy atom. The van der Waals surface area contributed by atoms with E-state index in [9.17, 15) is 27.2 Å². The second kappa shape index (κ2) is 6.18. The van der Waals surface area contributed by atoms with E-state index in [2.05, 4.69) is 9.72 Å². The van der Waals surface area contributed by atoms with Gasteiger partial charge in [0, 0.05) is 12.7 Å². The van der Waals surface area contributed by atoms with Crippen LogP contribution in [0.25, 0.3) is 0 Å². The minimum absolute atomic E-state index is 0.0236. The highest BCUT2D eigenvalue weighted by atomic mass is 19.4. The van der Waals surface area contributed by atoms with Crippen LogP contribution in [0.4, 0.5) is 28.0 Å². The second-order valence-corrected chi connectivity index (χ2v) is 6.57. The lowest BCUT2D eigenvalue weighted by Crippen LogP contribution is -2.36. The van der Waals surface area contributed by atoms with Gasteiger partial charge >= 0.3 is 12.4 Å². The first kappa shape index (κ1) is 18.2. The molecule has 3 amide bonds. The van der Waals surface area contributed by atoms with Crippen molar-refractivity contribution in [1.29, 1.82) is 0 Å². The number of benzene rings is 1. The summed E-state index contributed by atoms with van der Waals surface area (Å²) in [6.07, 6.45) is -2.63. The zero-order chi connectivity index (χ0) is 20.1. The lowest BCUT2D eigenvalue weighted by Gasteiger charge is -2.21. The van der Waals surface area contributed by atoms with E-state index in [-0.39, 0.29) is 12.2 Å². The van der Waals surface area contributed by atoms with Crippen molar-refractivity contribution >= 4 is 17.6 Å². The van der Waals surface area contributed by atoms with Crippen molar-refractivity contribution in [3.63, 3.8) is 0 Å². The van der Waals surface area contributed by atoms with Gasteiger partial charge in [-0.15, -0.1) is 13.2 Å². The maximum Gasteiger partial charge on any atom is 0.573 e. The molecule has 28 heavy (non-hydrogen) atoms. The van der Waals surface area contributed by atoms with Crippen LogP contribution in [0, 0.1) is 5.95 Å². The van der Waals surface area contributed by atoms with Gasteiger partial charge in [0.2, 0.25) is 5.95 Å². The van der Waals surface area contributed by atoms with E-state index in [0.717, 1.165) is 17.0 Å². The van der Waals surface area contributed by atoms with Crippen LogP contribution in [0.15, 0.2) is 42.6 Å². The van der Waals surface area contributed by atoms with E-state index in [0.29, 0.717) is 18.4 Å². The van der Waals surface area contributed by atoms with E-state index in [1.165, 1.54) is 29.3 Å². The van der Waals surface area contributed by atoms with Crippen LogP contribution in [-0.2, 0) is 11.3 Å². The Bertz CT molecular complexity index is 942. The van der Waals surface area contributed by atoms with Crippen LogP contribution >= 0.6 is 0 Å². The summed E-state index contributed by atoms with van der Waals surface area (Å²) in [5.41, 5.74) is -0.368. The number of imide groups is 1. The average molecular weight is 395 g/mol. The second-order valence-electron chi connectivity index (χ2n) is 6.57. The standard InChI is InChI=1S/C18H13F4N3O3/c19-14-9-11(5-8-23-14)10-24-16(27)25(15(26)17(24)6-7-17)12-1-3-13(4-2-12)28-18(20,21)22/h1-5,8-9H,6-7,10H2. The van der Waals surface area contributed by atoms with E-state index < -0.39 is 35.5 Å². The number of amides is 3. The Morgan fingerprint density at radius 1 is 1.11 bits per heavy atom. The van der Waals surface area contributed by atoms with Gasteiger partial charge in [-0.2, -0.15) is 4.39 Å². The van der Waals surface area contributed by atoms with Crippen molar-refractivity contribution in [3.05, 3.63) is 54.1 Å². The zero-order valence-electron chi connectivity index (χ0n) is 14.2. The van der Waals surface area contributed by atoms with Crippen molar-refractivity contribution in [2.24, 2.45) is 0 Å². The molecule has 6 nitrogen and oxygen atoms in total. The topological polar surface area (TPSA) is 62.7 Å². The van der Waals surface area contributed by atoms with Crippen LogP contribution < -0.4 is 9.64 Å². The lowest BCUT2D eigenvalue weighted by molar-refractivity contribution is -0.274. The number of rotatable bonds is 4. The summed E-state index contributed by atoms with van der Waals surface area (Å²) in [6, 6.07) is 6.60. The van der Waals surface area contributed by atoms with Gasteiger partial charge in [0.05, 0.1) is 5.69 Å². The predicted molar refractivity (Wildman–Crippen MR) is 87.7 cm³/mol. The largest absolute Gasteiger partial charge is 0.573 e. The Kier molecular flexibility index (Phi) is 4.02. The first-order chi connectivity index (χ1) is 13.2. The van der Waals surface area contributed by atoms with Crippen LogP contribution in [0.5, 0.6) is 5.75 Å². The summed E-state index contributed by atoms with van der Waals surface area (Å²) >= 11 is 0. The Morgan fingerprint density at radius 2 is 1.79 bits per heavy atom. The number of carbonyl (C=O) groups is 2. The summed E-state index contributed by atoms with van der Waals surface area (Å²) in [5.74, 6) is -1.60. The average Bonchev–Trinajstić information content (AvgIpc) is 3.38. The molecule has 2 aliphatic rings. The smallest absolute Gasteiger partial charge is 0.406 e. The van der Waals surface area contributed by atoms with E-state index >= 15 is 0 Å². The zero-order valence-corrected chi connectivity index (χ0v) is 14.2. The van der Waals surface area contributed by atoms with E-state index in [1.54, 1.807) is 6.07 Å². The van der Waals surface area contributed by atoms with E-state index in [1.807, 2.05) is 0 Å². The fourth-order valence-corrected chi connectivity index (χ4v) is 3.28. The first-order valence-corrected chi connectivity index (χ1v) is 8.32. The van der Waals surface area contributed by atoms with Crippen LogP contribution in [0.1, 0.15) is 18.4 Å². The molecule has 4 rings (SSSR count). The fourth-order valence-electron chi connectivity index (χ4n) is 3.28. The van der Waals surface area contributed by atoms with Gasteiger partial charge in [-0.3, -0.25) is 4.79 Å². The number of hydrogen-bond donors (Lipinski definition) is 0. The van der Waals surface area contributed by atoms with Crippen LogP contribution in [0.3, 0.4) is 0 Å². The molecule has 0 bridgehead atoms. The number of ether oxygens (including phenoxy) is 1. The molecule has 146 valence electrons. The van der Waals surface area contributed by atoms with E-state index in [4.69, 9.17) is 0 Å². The number of anilines is 1. The maximum atomic E-state index is 13.3. The molecule has 0 N–H and O–H groups in total. The van der Waals surface area contributed by atoms with Gasteiger partial charge in [0.15, 0.2) is 0 Å². The number of nitrogens with zero attached hydrogens (tertiary/aromatic N) is 3. The molecule has 0 radical (unpaired) electrons. The first-order valence-electron chi connectivity index (χ1n) is 8.32. The van der Waals surface area contributed by atoms with Gasteiger partial charge in [-0.1, -0.05) is 0 Å². The summed E-state index contributed by atoms with van der Waals surface area (Å²) < 4.78 is 54.0. The highest BCUT2D eigenvalue weighted by molar-refractivity contribution is 6.24. The van der Waals surface area contributed by atoms with Crippen molar-refractivity contribution in [2.45, 2.75) is 31.3 Å². The normalized spacial score (nSPS) is 18.1. The quantitative estimate of drug-likeness (QED) is 0.451. The van der Waals surface area contributed by atoms with Crippen molar-refractivity contribution in [1.82, 2.24) is 9.88 Å². The third-order valence-corrected chi connectivity index (χ3v) is 4.72. The van der Waals surface area contributed by atoms with Gasteiger partial charge < -0.3 is 9.64 Å². The molecular formula is C18H13F4N3O3. The van der Waals surface area contributed by atoms with Gasteiger partial charge in [0.25, 0.3) is 5.91 Å². The molecule has 1 aliphatic carbocycles. The molecule has 1 spiro atoms. The SMILES string of the molecule is O=C1N(c2ccc(OC(F)(F)F)cc2)C(=O)C2(CC2)N1Cc1ccnc(F)c1. The summed E-state index contributed by atoms with van der Waals surface area (Å²) in [5, 5.41) is 0. The number of hydrogen-bond acceptors (Lipinski definition) is 4. The molecule has 1 aliphatic heterocycles. The molecule has 1 saturated carbocycles. The molecule has 10 heteroatoms. The van der Waals surface area contributed by atoms with Crippen LogP contribution in [0.2, 0.25) is 0 Å². The van der Waals surface area contributed by atoms with Gasteiger partial charge in [0.1, 0.15) is 11.3 Å². The molecular weight excluding hydrogens is 382 g/mol. The number of carbonyl (C=O) groups excluding carboxylic acids is 2. The number of halogens is 4. The fraction of sp³-hybridized carbons (Fsp3) is 0.278. The number of alkyl halides is 3. The minimum Gasteiger partial charge on any atom is -0.406 e. The van der Waals surface area contributed by atoms with Crippen LogP contribution in [-0.4, -0.2) is 33.7 Å². The summed E-state index contributed by atoms with van der Waals surface area (Å²) in [6.45, 7) is 0.0236. The molecule has 2 heterocycles. The monoisotopic (exact) mass is 395 g/mol. The molecule has 2 fully saturated rings. The maximum absolute atomic E-state index is 13.3. The highest BCUT2D eigenvalue weighted by Gasteiger charge is 2.65. The molecule has 1 saturated heterocycles. The summed E-state index contributed by atoms with van der Waals surface area (Å²) in [4.78, 5) is 31.5. The third-order valence-electron chi connectivity index (χ3n) is 4.72. The Balaban J connectivity index is 1.59. The summed E-state index contributed by atoms with van der Waals surface area (Å²) in [7, 11) is 0. The van der Waals surface area contributed by atoms with Crippen molar-refractivity contribution < 1.29 is 31.9 Å². The Hall–Kier alpha value is -3.17. The molecule has 1 aromatic heterocycles. The number of urea groups is 1. The number of aromatic nitrogens is 1. The van der Waals surface area contributed by atoms with Gasteiger partial charge in [-0.05, 0) is 54.8 Å². The third kappa shape index (κ3) is 3.14. The van der Waals surface area contributed by atoms with Crippen molar-refractivity contribution in [3.8, 4) is 5.75 Å². The van der Waals surface area contributed by atoms with Crippen molar-refractivity contribution in [2.75, 3.05) is 4.90 Å². The van der Waals surface area contributed by atoms with Gasteiger partial charge in [-0.25, -0.2) is 14.7 Å². The minimum atomic E-state index is -4.84. The molecule has 0 unspecified atom stereocenters. The molecule has 1 aromatic carbocycles. The Labute approximate surface area is 156 Å². The predicted octanol–water partition coefficient (Wildman–Crippen LogP) is 3.62. The number of pyridine rings is 1. The molecule has 2 aromatic rings. The lowest BCUT2D eigenvalue weighted by atomic mass is 10.2. The highest BCUT2D eigenvalue weighted by Crippen LogP contribution is 2.49.